The van der Waals surface area contributed by atoms with Gasteiger partial charge in [-0.25, -0.2) is 4.79 Å². The zero-order valence-corrected chi connectivity index (χ0v) is 12.6. The van der Waals surface area contributed by atoms with Crippen molar-refractivity contribution in [1.82, 2.24) is 0 Å². The highest BCUT2D eigenvalue weighted by atomic mass is 16.6. The van der Waals surface area contributed by atoms with Gasteiger partial charge in [-0.05, 0) is 24.0 Å². The summed E-state index contributed by atoms with van der Waals surface area (Å²) in [6.07, 6.45) is 0.252. The number of benzene rings is 1. The molecule has 0 aliphatic carbocycles. The van der Waals surface area contributed by atoms with Crippen LogP contribution in [0.15, 0.2) is 30.3 Å². The van der Waals surface area contributed by atoms with Crippen molar-refractivity contribution >= 4 is 17.6 Å². The Morgan fingerprint density at radius 3 is 2.20 bits per heavy atom. The molecule has 110 valence electrons. The standard InChI is InChI=1S/C16H23NO3/c1-11(2)10-14(18)20-16(19)15(12(3)4)17-13-8-6-5-7-9-13/h5-9,11-12,15,17H,10H2,1-4H3. The third-order valence-corrected chi connectivity index (χ3v) is 2.81. The molecule has 1 N–H and O–H groups in total. The van der Waals surface area contributed by atoms with E-state index in [1.54, 1.807) is 0 Å². The molecule has 0 spiro atoms. The minimum Gasteiger partial charge on any atom is -0.392 e. The van der Waals surface area contributed by atoms with Crippen LogP contribution in [0.2, 0.25) is 0 Å². The lowest BCUT2D eigenvalue weighted by Crippen LogP contribution is -2.37. The summed E-state index contributed by atoms with van der Waals surface area (Å²) in [6, 6.07) is 8.88. The largest absolute Gasteiger partial charge is 0.392 e. The smallest absolute Gasteiger partial charge is 0.336 e. The Morgan fingerprint density at radius 1 is 1.10 bits per heavy atom. The van der Waals surface area contributed by atoms with Crippen LogP contribution in [0.1, 0.15) is 34.1 Å². The molecule has 0 fully saturated rings. The van der Waals surface area contributed by atoms with Crippen LogP contribution in [-0.4, -0.2) is 18.0 Å². The number of para-hydroxylation sites is 1. The summed E-state index contributed by atoms with van der Waals surface area (Å²) in [5.74, 6) is -0.788. The first-order valence-electron chi connectivity index (χ1n) is 6.96. The molecular formula is C16H23NO3. The molecule has 4 heteroatoms. The fourth-order valence-electron chi connectivity index (χ4n) is 1.76. The van der Waals surface area contributed by atoms with E-state index < -0.39 is 18.0 Å². The van der Waals surface area contributed by atoms with Crippen molar-refractivity contribution < 1.29 is 14.3 Å². The maximum atomic E-state index is 12.1. The molecular weight excluding hydrogens is 254 g/mol. The van der Waals surface area contributed by atoms with Gasteiger partial charge < -0.3 is 10.1 Å². The molecule has 1 aromatic rings. The summed E-state index contributed by atoms with van der Waals surface area (Å²) in [5.41, 5.74) is 0.833. The highest BCUT2D eigenvalue weighted by molar-refractivity contribution is 5.90. The van der Waals surface area contributed by atoms with E-state index in [4.69, 9.17) is 4.74 Å². The summed E-state index contributed by atoms with van der Waals surface area (Å²) in [7, 11) is 0. The first-order chi connectivity index (χ1) is 9.40. The van der Waals surface area contributed by atoms with Gasteiger partial charge in [0, 0.05) is 12.1 Å². The number of carbonyl (C=O) groups is 2. The molecule has 1 unspecified atom stereocenters. The van der Waals surface area contributed by atoms with Gasteiger partial charge in [-0.15, -0.1) is 0 Å². The number of hydrogen-bond donors (Lipinski definition) is 1. The van der Waals surface area contributed by atoms with Crippen LogP contribution in [0, 0.1) is 11.8 Å². The average molecular weight is 277 g/mol. The third-order valence-electron chi connectivity index (χ3n) is 2.81. The monoisotopic (exact) mass is 277 g/mol. The Hall–Kier alpha value is -1.84. The third kappa shape index (κ3) is 5.43. The number of nitrogens with one attached hydrogen (secondary N) is 1. The van der Waals surface area contributed by atoms with Gasteiger partial charge in [0.25, 0.3) is 0 Å². The van der Waals surface area contributed by atoms with Crippen LogP contribution in [0.5, 0.6) is 0 Å². The molecule has 0 aliphatic heterocycles. The van der Waals surface area contributed by atoms with E-state index >= 15 is 0 Å². The molecule has 0 radical (unpaired) electrons. The van der Waals surface area contributed by atoms with E-state index in [9.17, 15) is 9.59 Å². The van der Waals surface area contributed by atoms with Crippen LogP contribution < -0.4 is 5.32 Å². The second kappa shape index (κ2) is 7.68. The number of ether oxygens (including phenoxy) is 1. The van der Waals surface area contributed by atoms with Gasteiger partial charge >= 0.3 is 11.9 Å². The SMILES string of the molecule is CC(C)CC(=O)OC(=O)C(Nc1ccccc1)C(C)C. The number of anilines is 1. The van der Waals surface area contributed by atoms with Crippen molar-refractivity contribution in [3.8, 4) is 0 Å². The van der Waals surface area contributed by atoms with Gasteiger partial charge in [0.05, 0.1) is 0 Å². The van der Waals surface area contributed by atoms with Crippen LogP contribution >= 0.6 is 0 Å². The molecule has 0 bridgehead atoms. The molecule has 20 heavy (non-hydrogen) atoms. The molecule has 4 nitrogen and oxygen atoms in total. The molecule has 0 amide bonds. The number of rotatable bonds is 6. The van der Waals surface area contributed by atoms with Crippen LogP contribution in [-0.2, 0) is 14.3 Å². The second-order valence-electron chi connectivity index (χ2n) is 5.62. The van der Waals surface area contributed by atoms with Gasteiger partial charge in [-0.3, -0.25) is 4.79 Å². The maximum Gasteiger partial charge on any atom is 0.336 e. The van der Waals surface area contributed by atoms with Crippen LogP contribution in [0.4, 0.5) is 5.69 Å². The average Bonchev–Trinajstić information content (AvgIpc) is 2.35. The summed E-state index contributed by atoms with van der Waals surface area (Å²) in [6.45, 7) is 7.64. The summed E-state index contributed by atoms with van der Waals surface area (Å²) in [5, 5.41) is 3.11. The minimum atomic E-state index is -0.534. The van der Waals surface area contributed by atoms with Gasteiger partial charge in [-0.2, -0.15) is 0 Å². The zero-order chi connectivity index (χ0) is 15.1. The summed E-state index contributed by atoms with van der Waals surface area (Å²) in [4.78, 5) is 23.6. The van der Waals surface area contributed by atoms with Crippen molar-refractivity contribution in [2.24, 2.45) is 11.8 Å². The molecule has 1 rings (SSSR count). The lowest BCUT2D eigenvalue weighted by atomic mass is 10.0. The Labute approximate surface area is 120 Å². The van der Waals surface area contributed by atoms with E-state index in [1.807, 2.05) is 58.0 Å². The second-order valence-corrected chi connectivity index (χ2v) is 5.62. The molecule has 0 aromatic heterocycles. The molecule has 0 heterocycles. The van der Waals surface area contributed by atoms with Crippen LogP contribution in [0.25, 0.3) is 0 Å². The minimum absolute atomic E-state index is 0.0227. The Kier molecular flexibility index (Phi) is 6.22. The lowest BCUT2D eigenvalue weighted by molar-refractivity contribution is -0.161. The lowest BCUT2D eigenvalue weighted by Gasteiger charge is -2.21. The molecule has 1 aromatic carbocycles. The Balaban J connectivity index is 2.66. The zero-order valence-electron chi connectivity index (χ0n) is 12.6. The summed E-state index contributed by atoms with van der Waals surface area (Å²) < 4.78 is 4.92. The number of carbonyl (C=O) groups excluding carboxylic acids is 2. The fourth-order valence-corrected chi connectivity index (χ4v) is 1.76. The van der Waals surface area contributed by atoms with Crippen molar-refractivity contribution in [1.29, 1.82) is 0 Å². The van der Waals surface area contributed by atoms with Crippen molar-refractivity contribution in [2.45, 2.75) is 40.2 Å². The van der Waals surface area contributed by atoms with Gasteiger partial charge in [0.1, 0.15) is 6.04 Å². The highest BCUT2D eigenvalue weighted by Gasteiger charge is 2.26. The predicted molar refractivity (Wildman–Crippen MR) is 79.2 cm³/mol. The van der Waals surface area contributed by atoms with Crippen molar-refractivity contribution in [3.05, 3.63) is 30.3 Å². The van der Waals surface area contributed by atoms with E-state index in [2.05, 4.69) is 5.32 Å². The molecule has 0 aliphatic rings. The first-order valence-corrected chi connectivity index (χ1v) is 6.96. The molecule has 0 saturated carbocycles. The number of esters is 2. The van der Waals surface area contributed by atoms with E-state index in [-0.39, 0.29) is 18.3 Å². The Morgan fingerprint density at radius 2 is 1.70 bits per heavy atom. The maximum absolute atomic E-state index is 12.1. The quantitative estimate of drug-likeness (QED) is 0.640. The van der Waals surface area contributed by atoms with E-state index in [0.29, 0.717) is 0 Å². The predicted octanol–water partition coefficient (Wildman–Crippen LogP) is 3.24. The highest BCUT2D eigenvalue weighted by Crippen LogP contribution is 2.14. The van der Waals surface area contributed by atoms with Crippen molar-refractivity contribution in [3.63, 3.8) is 0 Å². The fraction of sp³-hybridized carbons (Fsp3) is 0.500. The summed E-state index contributed by atoms with van der Waals surface area (Å²) >= 11 is 0. The van der Waals surface area contributed by atoms with Gasteiger partial charge in [-0.1, -0.05) is 45.9 Å². The van der Waals surface area contributed by atoms with Crippen molar-refractivity contribution in [2.75, 3.05) is 5.32 Å². The first kappa shape index (κ1) is 16.2. The van der Waals surface area contributed by atoms with Gasteiger partial charge in [0.15, 0.2) is 0 Å². The Bertz CT molecular complexity index is 440. The molecule has 0 saturated heterocycles. The van der Waals surface area contributed by atoms with E-state index in [0.717, 1.165) is 5.69 Å². The van der Waals surface area contributed by atoms with E-state index in [1.165, 1.54) is 0 Å². The van der Waals surface area contributed by atoms with Gasteiger partial charge in [0.2, 0.25) is 0 Å². The van der Waals surface area contributed by atoms with Crippen LogP contribution in [0.3, 0.4) is 0 Å². The number of hydrogen-bond acceptors (Lipinski definition) is 4. The topological polar surface area (TPSA) is 55.4 Å². The molecule has 1 atom stereocenters. The normalized spacial score (nSPS) is 12.3.